The van der Waals surface area contributed by atoms with Crippen LogP contribution in [-0.2, 0) is 0 Å². The van der Waals surface area contributed by atoms with Gasteiger partial charge in [-0.3, -0.25) is 0 Å². The molecular weight excluding hydrogens is 180 g/mol. The second-order valence-electron chi connectivity index (χ2n) is 6.55. The summed E-state index contributed by atoms with van der Waals surface area (Å²) in [6, 6.07) is 0. The van der Waals surface area contributed by atoms with E-state index in [4.69, 9.17) is 0 Å². The molecule has 2 saturated carbocycles. The lowest BCUT2D eigenvalue weighted by Gasteiger charge is -2.23. The molecule has 2 rings (SSSR count). The van der Waals surface area contributed by atoms with E-state index in [1.54, 1.807) is 12.8 Å². The Morgan fingerprint density at radius 2 is 1.73 bits per heavy atom. The third kappa shape index (κ3) is 2.24. The van der Waals surface area contributed by atoms with Crippen LogP contribution >= 0.6 is 0 Å². The van der Waals surface area contributed by atoms with Crippen LogP contribution in [0.25, 0.3) is 0 Å². The molecule has 2 fully saturated rings. The molecule has 2 aliphatic rings. The lowest BCUT2D eigenvalue weighted by atomic mass is 9.82. The highest BCUT2D eigenvalue weighted by Gasteiger charge is 2.71. The largest absolute Gasteiger partial charge is 0.0651 e. The molecule has 0 aromatic rings. The zero-order chi connectivity index (χ0) is 11.1. The molecule has 3 unspecified atom stereocenters. The number of hydrogen-bond acceptors (Lipinski definition) is 0. The van der Waals surface area contributed by atoms with E-state index in [1.807, 2.05) is 0 Å². The molecule has 2 aliphatic carbocycles. The fourth-order valence-electron chi connectivity index (χ4n) is 3.29. The summed E-state index contributed by atoms with van der Waals surface area (Å²) >= 11 is 0. The van der Waals surface area contributed by atoms with Crippen molar-refractivity contribution in [3.8, 4) is 0 Å². The molecule has 0 heterocycles. The van der Waals surface area contributed by atoms with Crippen LogP contribution in [0.15, 0.2) is 0 Å². The van der Waals surface area contributed by atoms with Gasteiger partial charge in [0, 0.05) is 0 Å². The molecule has 88 valence electrons. The van der Waals surface area contributed by atoms with Crippen LogP contribution in [0.5, 0.6) is 0 Å². The molecule has 0 spiro atoms. The smallest absolute Gasteiger partial charge is 0.0235 e. The van der Waals surface area contributed by atoms with Crippen molar-refractivity contribution in [2.45, 2.75) is 66.2 Å². The van der Waals surface area contributed by atoms with Gasteiger partial charge in [-0.05, 0) is 41.9 Å². The Balaban J connectivity index is 1.62. The maximum absolute atomic E-state index is 2.51. The van der Waals surface area contributed by atoms with Crippen molar-refractivity contribution in [1.29, 1.82) is 0 Å². The van der Waals surface area contributed by atoms with Gasteiger partial charge in [-0.1, -0.05) is 53.4 Å². The highest BCUT2D eigenvalue weighted by atomic mass is 14.8. The summed E-state index contributed by atoms with van der Waals surface area (Å²) in [5, 5.41) is 0. The first-order chi connectivity index (χ1) is 7.10. The second-order valence-corrected chi connectivity index (χ2v) is 6.55. The summed E-state index contributed by atoms with van der Waals surface area (Å²) in [6.07, 6.45) is 8.88. The van der Waals surface area contributed by atoms with E-state index in [-0.39, 0.29) is 0 Å². The van der Waals surface area contributed by atoms with E-state index in [9.17, 15) is 0 Å². The second kappa shape index (κ2) is 4.11. The highest BCUT2D eigenvalue weighted by Crippen LogP contribution is 2.80. The Bertz CT molecular complexity index is 212. The van der Waals surface area contributed by atoms with E-state index < -0.39 is 0 Å². The molecule has 0 aromatic heterocycles. The molecule has 0 aromatic carbocycles. The molecule has 0 heteroatoms. The van der Waals surface area contributed by atoms with Crippen molar-refractivity contribution in [2.75, 3.05) is 0 Å². The summed E-state index contributed by atoms with van der Waals surface area (Å²) in [7, 11) is 0. The predicted octanol–water partition coefficient (Wildman–Crippen LogP) is 4.89. The first-order valence-corrected chi connectivity index (χ1v) is 7.10. The van der Waals surface area contributed by atoms with E-state index in [2.05, 4.69) is 27.7 Å². The third-order valence-electron chi connectivity index (χ3n) is 5.56. The number of rotatable bonds is 7. The summed E-state index contributed by atoms with van der Waals surface area (Å²) in [6.45, 7) is 9.71. The Hall–Kier alpha value is 0. The molecule has 3 atom stereocenters. The van der Waals surface area contributed by atoms with Gasteiger partial charge in [0.15, 0.2) is 0 Å². The quantitative estimate of drug-likeness (QED) is 0.559. The molecule has 0 N–H and O–H groups in total. The van der Waals surface area contributed by atoms with Gasteiger partial charge in [-0.15, -0.1) is 0 Å². The van der Waals surface area contributed by atoms with Crippen LogP contribution in [0, 0.1) is 29.1 Å². The monoisotopic (exact) mass is 208 g/mol. The SMILES string of the molecule is CCC(C)CCCC(C)C(C)C12CC1C2. The van der Waals surface area contributed by atoms with E-state index >= 15 is 0 Å². The zero-order valence-electron chi connectivity index (χ0n) is 11.1. The van der Waals surface area contributed by atoms with Gasteiger partial charge in [-0.2, -0.15) is 0 Å². The average molecular weight is 208 g/mol. The first-order valence-electron chi connectivity index (χ1n) is 7.10. The van der Waals surface area contributed by atoms with Crippen molar-refractivity contribution in [1.82, 2.24) is 0 Å². The molecule has 0 nitrogen and oxygen atoms in total. The fraction of sp³-hybridized carbons (Fsp3) is 1.00. The van der Waals surface area contributed by atoms with Crippen LogP contribution in [0.2, 0.25) is 0 Å². The molecule has 0 amide bonds. The predicted molar refractivity (Wildman–Crippen MR) is 66.8 cm³/mol. The maximum atomic E-state index is 2.51. The lowest BCUT2D eigenvalue weighted by molar-refractivity contribution is 0.269. The van der Waals surface area contributed by atoms with Gasteiger partial charge in [0.1, 0.15) is 0 Å². The minimum absolute atomic E-state index is 0.885. The molecule has 0 saturated heterocycles. The summed E-state index contributed by atoms with van der Waals surface area (Å²) < 4.78 is 0. The minimum atomic E-state index is 0.885. The van der Waals surface area contributed by atoms with Crippen LogP contribution in [0.4, 0.5) is 0 Å². The summed E-state index contributed by atoms with van der Waals surface area (Å²) in [4.78, 5) is 0. The van der Waals surface area contributed by atoms with Crippen molar-refractivity contribution in [3.05, 3.63) is 0 Å². The first kappa shape index (κ1) is 11.5. The molecule has 0 aliphatic heterocycles. The van der Waals surface area contributed by atoms with E-state index in [0.29, 0.717) is 0 Å². The molecule has 15 heavy (non-hydrogen) atoms. The van der Waals surface area contributed by atoms with Gasteiger partial charge in [0.2, 0.25) is 0 Å². The highest BCUT2D eigenvalue weighted by molar-refractivity contribution is 5.20. The van der Waals surface area contributed by atoms with Gasteiger partial charge in [-0.25, -0.2) is 0 Å². The molecule has 0 bridgehead atoms. The standard InChI is InChI=1S/C15H28/c1-5-11(2)7-6-8-12(3)13(4)15-9-14(15)10-15/h11-14H,5-10H2,1-4H3. The van der Waals surface area contributed by atoms with Gasteiger partial charge in [0.05, 0.1) is 0 Å². The number of fused-ring (bicyclic) bond motifs is 1. The summed E-state index contributed by atoms with van der Waals surface area (Å²) in [5.41, 5.74) is 0.885. The third-order valence-corrected chi connectivity index (χ3v) is 5.56. The maximum Gasteiger partial charge on any atom is -0.0235 e. The van der Waals surface area contributed by atoms with E-state index in [1.165, 1.54) is 31.6 Å². The van der Waals surface area contributed by atoms with Crippen molar-refractivity contribution in [2.24, 2.45) is 29.1 Å². The molecule has 0 radical (unpaired) electrons. The fourth-order valence-corrected chi connectivity index (χ4v) is 3.29. The summed E-state index contributed by atoms with van der Waals surface area (Å²) in [5.74, 6) is 4.10. The van der Waals surface area contributed by atoms with Crippen LogP contribution in [0.3, 0.4) is 0 Å². The topological polar surface area (TPSA) is 0 Å². The van der Waals surface area contributed by atoms with Crippen molar-refractivity contribution in [3.63, 3.8) is 0 Å². The number of hydrogen-bond donors (Lipinski definition) is 0. The normalized spacial score (nSPS) is 38.0. The van der Waals surface area contributed by atoms with Crippen molar-refractivity contribution >= 4 is 0 Å². The minimum Gasteiger partial charge on any atom is -0.0651 e. The van der Waals surface area contributed by atoms with Gasteiger partial charge in [0.25, 0.3) is 0 Å². The Morgan fingerprint density at radius 1 is 1.13 bits per heavy atom. The zero-order valence-corrected chi connectivity index (χ0v) is 11.1. The Morgan fingerprint density at radius 3 is 2.20 bits per heavy atom. The van der Waals surface area contributed by atoms with Crippen LogP contribution in [0.1, 0.15) is 66.2 Å². The van der Waals surface area contributed by atoms with Gasteiger partial charge < -0.3 is 0 Å². The van der Waals surface area contributed by atoms with E-state index in [0.717, 1.165) is 23.2 Å². The lowest BCUT2D eigenvalue weighted by Crippen LogP contribution is -2.14. The van der Waals surface area contributed by atoms with Crippen LogP contribution < -0.4 is 0 Å². The van der Waals surface area contributed by atoms with Gasteiger partial charge >= 0.3 is 0 Å². The van der Waals surface area contributed by atoms with Crippen LogP contribution in [-0.4, -0.2) is 0 Å². The molecular formula is C15H28. The Kier molecular flexibility index (Phi) is 3.14. The average Bonchev–Trinajstić information content (AvgIpc) is 3.03. The Labute approximate surface area is 95.8 Å². The van der Waals surface area contributed by atoms with Crippen molar-refractivity contribution < 1.29 is 0 Å².